The van der Waals surface area contributed by atoms with E-state index in [-0.39, 0.29) is 19.6 Å². The Morgan fingerprint density at radius 1 is 1.15 bits per heavy atom. The zero-order valence-corrected chi connectivity index (χ0v) is 11.7. The van der Waals surface area contributed by atoms with Gasteiger partial charge in [0.05, 0.1) is 19.6 Å². The van der Waals surface area contributed by atoms with Gasteiger partial charge in [-0.1, -0.05) is 0 Å². The fraction of sp³-hybridized carbons (Fsp3) is 0.429. The van der Waals surface area contributed by atoms with E-state index in [9.17, 15) is 9.59 Å². The molecule has 110 valence electrons. The minimum atomic E-state index is -0.780. The fourth-order valence-electron chi connectivity index (χ4n) is 1.60. The summed E-state index contributed by atoms with van der Waals surface area (Å²) in [6.07, 6.45) is -0.0863. The van der Waals surface area contributed by atoms with E-state index < -0.39 is 18.0 Å². The average Bonchev–Trinajstić information content (AvgIpc) is 2.41. The normalized spacial score (nSPS) is 11.5. The third kappa shape index (κ3) is 5.17. The predicted molar refractivity (Wildman–Crippen MR) is 76.1 cm³/mol. The maximum atomic E-state index is 11.8. The Labute approximate surface area is 118 Å². The van der Waals surface area contributed by atoms with E-state index in [0.29, 0.717) is 11.4 Å². The molecule has 1 aromatic rings. The van der Waals surface area contributed by atoms with Gasteiger partial charge in [0.1, 0.15) is 6.04 Å². The molecule has 0 radical (unpaired) electrons. The van der Waals surface area contributed by atoms with Crippen molar-refractivity contribution in [2.75, 3.05) is 24.3 Å². The van der Waals surface area contributed by atoms with Crippen LogP contribution in [0.5, 0.6) is 0 Å². The SMILES string of the molecule is CCOC(=O)C[C@H](Nc1ccc(N)cc1)C(=O)OCC. The highest BCUT2D eigenvalue weighted by Crippen LogP contribution is 2.14. The van der Waals surface area contributed by atoms with Crippen LogP contribution in [-0.2, 0) is 19.1 Å². The molecule has 1 atom stereocenters. The Morgan fingerprint density at radius 3 is 2.30 bits per heavy atom. The quantitative estimate of drug-likeness (QED) is 0.582. The van der Waals surface area contributed by atoms with Crippen LogP contribution in [0.3, 0.4) is 0 Å². The second-order valence-electron chi connectivity index (χ2n) is 4.08. The molecule has 6 heteroatoms. The van der Waals surface area contributed by atoms with Crippen LogP contribution < -0.4 is 11.1 Å². The van der Waals surface area contributed by atoms with Crippen molar-refractivity contribution < 1.29 is 19.1 Å². The van der Waals surface area contributed by atoms with Crippen molar-refractivity contribution >= 4 is 23.3 Å². The van der Waals surface area contributed by atoms with Crippen LogP contribution in [0.1, 0.15) is 20.3 Å². The molecular formula is C14H20N2O4. The summed E-state index contributed by atoms with van der Waals surface area (Å²) in [6, 6.07) is 6.08. The van der Waals surface area contributed by atoms with E-state index in [1.54, 1.807) is 38.1 Å². The van der Waals surface area contributed by atoms with Gasteiger partial charge in [0, 0.05) is 11.4 Å². The van der Waals surface area contributed by atoms with Crippen molar-refractivity contribution in [1.82, 2.24) is 0 Å². The lowest BCUT2D eigenvalue weighted by Crippen LogP contribution is -2.34. The highest BCUT2D eigenvalue weighted by molar-refractivity contribution is 5.85. The number of ether oxygens (including phenoxy) is 2. The first-order valence-corrected chi connectivity index (χ1v) is 6.51. The van der Waals surface area contributed by atoms with Gasteiger partial charge in [0.15, 0.2) is 0 Å². The summed E-state index contributed by atoms with van der Waals surface area (Å²) in [5.74, 6) is -0.939. The van der Waals surface area contributed by atoms with E-state index in [0.717, 1.165) is 0 Å². The number of esters is 2. The van der Waals surface area contributed by atoms with Crippen LogP contribution in [0.25, 0.3) is 0 Å². The Bertz CT molecular complexity index is 445. The lowest BCUT2D eigenvalue weighted by Gasteiger charge is -2.17. The number of carbonyl (C=O) groups is 2. The van der Waals surface area contributed by atoms with Gasteiger partial charge < -0.3 is 20.5 Å². The van der Waals surface area contributed by atoms with Crippen molar-refractivity contribution in [3.05, 3.63) is 24.3 Å². The van der Waals surface area contributed by atoms with Crippen molar-refractivity contribution in [2.45, 2.75) is 26.3 Å². The second-order valence-corrected chi connectivity index (χ2v) is 4.08. The first-order valence-electron chi connectivity index (χ1n) is 6.51. The maximum absolute atomic E-state index is 11.8. The van der Waals surface area contributed by atoms with Gasteiger partial charge in [-0.3, -0.25) is 4.79 Å². The number of benzene rings is 1. The molecule has 0 aliphatic carbocycles. The monoisotopic (exact) mass is 280 g/mol. The molecule has 6 nitrogen and oxygen atoms in total. The van der Waals surface area contributed by atoms with Crippen molar-refractivity contribution in [2.24, 2.45) is 0 Å². The largest absolute Gasteiger partial charge is 0.466 e. The van der Waals surface area contributed by atoms with Gasteiger partial charge in [0.2, 0.25) is 0 Å². The van der Waals surface area contributed by atoms with Gasteiger partial charge in [-0.05, 0) is 38.1 Å². The van der Waals surface area contributed by atoms with Crippen LogP contribution in [0.4, 0.5) is 11.4 Å². The van der Waals surface area contributed by atoms with Gasteiger partial charge >= 0.3 is 11.9 Å². The Kier molecular flexibility index (Phi) is 6.36. The van der Waals surface area contributed by atoms with E-state index in [2.05, 4.69) is 5.32 Å². The standard InChI is InChI=1S/C14H20N2O4/c1-3-19-13(17)9-12(14(18)20-4-2)16-11-7-5-10(15)6-8-11/h5-8,12,16H,3-4,9,15H2,1-2H3/t12-/m0/s1. The zero-order chi connectivity index (χ0) is 15.0. The average molecular weight is 280 g/mol. The number of nitrogens with one attached hydrogen (secondary N) is 1. The molecule has 1 aromatic carbocycles. The summed E-state index contributed by atoms with van der Waals surface area (Å²) in [4.78, 5) is 23.4. The van der Waals surface area contributed by atoms with Gasteiger partial charge in [-0.25, -0.2) is 4.79 Å². The molecule has 0 fully saturated rings. The van der Waals surface area contributed by atoms with Gasteiger partial charge in [-0.2, -0.15) is 0 Å². The number of nitrogens with two attached hydrogens (primary N) is 1. The molecule has 3 N–H and O–H groups in total. The Hall–Kier alpha value is -2.24. The van der Waals surface area contributed by atoms with Crippen molar-refractivity contribution in [3.63, 3.8) is 0 Å². The molecule has 0 amide bonds. The summed E-state index contributed by atoms with van der Waals surface area (Å²) in [7, 11) is 0. The van der Waals surface area contributed by atoms with E-state index in [1.807, 2.05) is 0 Å². The summed E-state index contributed by atoms with van der Waals surface area (Å²) in [5, 5.41) is 2.95. The summed E-state index contributed by atoms with van der Waals surface area (Å²) in [6.45, 7) is 3.95. The molecule has 0 bridgehead atoms. The van der Waals surface area contributed by atoms with Crippen LogP contribution in [0.2, 0.25) is 0 Å². The maximum Gasteiger partial charge on any atom is 0.329 e. The minimum absolute atomic E-state index is 0.0863. The van der Waals surface area contributed by atoms with E-state index in [1.165, 1.54) is 0 Å². The number of carbonyl (C=O) groups excluding carboxylic acids is 2. The Balaban J connectivity index is 2.73. The molecule has 0 heterocycles. The second kappa shape index (κ2) is 8.04. The molecule has 0 saturated heterocycles. The number of rotatable bonds is 7. The lowest BCUT2D eigenvalue weighted by molar-refractivity contribution is -0.150. The van der Waals surface area contributed by atoms with Gasteiger partial charge in [0.25, 0.3) is 0 Å². The molecule has 0 aliphatic rings. The number of anilines is 2. The van der Waals surface area contributed by atoms with Crippen LogP contribution in [0.15, 0.2) is 24.3 Å². The number of nitrogen functional groups attached to an aromatic ring is 1. The highest BCUT2D eigenvalue weighted by atomic mass is 16.5. The summed E-state index contributed by atoms with van der Waals surface area (Å²) >= 11 is 0. The molecule has 0 saturated carbocycles. The molecular weight excluding hydrogens is 260 g/mol. The molecule has 0 unspecified atom stereocenters. The molecule has 20 heavy (non-hydrogen) atoms. The third-order valence-electron chi connectivity index (χ3n) is 2.50. The summed E-state index contributed by atoms with van der Waals surface area (Å²) in [5.41, 5.74) is 6.89. The van der Waals surface area contributed by atoms with E-state index in [4.69, 9.17) is 15.2 Å². The van der Waals surface area contributed by atoms with Crippen molar-refractivity contribution in [1.29, 1.82) is 0 Å². The lowest BCUT2D eigenvalue weighted by atomic mass is 10.2. The topological polar surface area (TPSA) is 90.6 Å². The third-order valence-corrected chi connectivity index (χ3v) is 2.50. The highest BCUT2D eigenvalue weighted by Gasteiger charge is 2.23. The molecule has 0 aliphatic heterocycles. The predicted octanol–water partition coefficient (Wildman–Crippen LogP) is 1.57. The van der Waals surface area contributed by atoms with E-state index >= 15 is 0 Å². The Morgan fingerprint density at radius 2 is 1.75 bits per heavy atom. The first kappa shape index (κ1) is 15.8. The van der Waals surface area contributed by atoms with Gasteiger partial charge in [-0.15, -0.1) is 0 Å². The first-order chi connectivity index (χ1) is 9.56. The fourth-order valence-corrected chi connectivity index (χ4v) is 1.60. The van der Waals surface area contributed by atoms with Crippen molar-refractivity contribution in [3.8, 4) is 0 Å². The number of hydrogen-bond acceptors (Lipinski definition) is 6. The van der Waals surface area contributed by atoms with Crippen LogP contribution >= 0.6 is 0 Å². The number of hydrogen-bond donors (Lipinski definition) is 2. The molecule has 1 rings (SSSR count). The zero-order valence-electron chi connectivity index (χ0n) is 11.7. The van der Waals surface area contributed by atoms with Crippen LogP contribution in [-0.4, -0.2) is 31.2 Å². The minimum Gasteiger partial charge on any atom is -0.466 e. The molecule has 0 aromatic heterocycles. The van der Waals surface area contributed by atoms with Crippen LogP contribution in [0, 0.1) is 0 Å². The summed E-state index contributed by atoms with van der Waals surface area (Å²) < 4.78 is 9.80. The smallest absolute Gasteiger partial charge is 0.329 e. The molecule has 0 spiro atoms.